The van der Waals surface area contributed by atoms with Gasteiger partial charge in [0.2, 0.25) is 0 Å². The predicted octanol–water partition coefficient (Wildman–Crippen LogP) is 6.31. The van der Waals surface area contributed by atoms with E-state index in [-0.39, 0.29) is 12.5 Å². The van der Waals surface area contributed by atoms with E-state index < -0.39 is 10.4 Å². The Kier molecular flexibility index (Phi) is 16.3. The van der Waals surface area contributed by atoms with E-state index in [0.29, 0.717) is 0 Å². The fourth-order valence-electron chi connectivity index (χ4n) is 2.97. The first-order chi connectivity index (χ1) is 11.5. The van der Waals surface area contributed by atoms with Gasteiger partial charge in [0.05, 0.1) is 6.61 Å². The van der Waals surface area contributed by atoms with E-state index in [1.165, 1.54) is 83.5 Å². The summed E-state index contributed by atoms with van der Waals surface area (Å²) in [5.41, 5.74) is 0. The molecule has 0 aromatic rings. The second-order valence-electron chi connectivity index (χ2n) is 7.20. The van der Waals surface area contributed by atoms with Gasteiger partial charge in [0.15, 0.2) is 0 Å². The molecule has 1 unspecified atom stereocenters. The molecule has 0 saturated heterocycles. The van der Waals surface area contributed by atoms with E-state index in [0.717, 1.165) is 12.8 Å². The fraction of sp³-hybridized carbons (Fsp3) is 1.00. The van der Waals surface area contributed by atoms with Crippen LogP contribution in [0, 0.1) is 5.92 Å². The van der Waals surface area contributed by atoms with Crippen molar-refractivity contribution in [3.8, 4) is 0 Å². The van der Waals surface area contributed by atoms with E-state index in [4.69, 9.17) is 4.55 Å². The van der Waals surface area contributed by atoms with Gasteiger partial charge in [-0.15, -0.1) is 0 Å². The van der Waals surface area contributed by atoms with Gasteiger partial charge in [-0.2, -0.15) is 8.42 Å². The number of rotatable bonds is 18. The molecule has 24 heavy (non-hydrogen) atoms. The zero-order valence-electron chi connectivity index (χ0n) is 16.0. The molecule has 0 saturated carbocycles. The lowest BCUT2D eigenvalue weighted by Gasteiger charge is -2.09. The SMILES string of the molecule is CCCCCCCCCCCCCCCCC(C)COS(=O)(=O)O. The lowest BCUT2D eigenvalue weighted by molar-refractivity contribution is 0.222. The Hall–Kier alpha value is -0.130. The molecule has 0 aliphatic carbocycles. The van der Waals surface area contributed by atoms with Gasteiger partial charge in [0, 0.05) is 0 Å². The maximum atomic E-state index is 10.5. The van der Waals surface area contributed by atoms with Gasteiger partial charge >= 0.3 is 10.4 Å². The van der Waals surface area contributed by atoms with Crippen LogP contribution in [0.3, 0.4) is 0 Å². The van der Waals surface area contributed by atoms with Gasteiger partial charge in [-0.05, 0) is 12.3 Å². The normalized spacial score (nSPS) is 13.3. The summed E-state index contributed by atoms with van der Waals surface area (Å²) in [6.45, 7) is 4.30. The first-order valence-electron chi connectivity index (χ1n) is 10.1. The van der Waals surface area contributed by atoms with Crippen molar-refractivity contribution < 1.29 is 17.2 Å². The maximum absolute atomic E-state index is 10.5. The fourth-order valence-corrected chi connectivity index (χ4v) is 3.38. The molecule has 0 rings (SSSR count). The topological polar surface area (TPSA) is 63.6 Å². The summed E-state index contributed by atoms with van der Waals surface area (Å²) in [7, 11) is -4.28. The molecule has 0 amide bonds. The Bertz CT molecular complexity index is 354. The lowest BCUT2D eigenvalue weighted by Crippen LogP contribution is -2.11. The van der Waals surface area contributed by atoms with Gasteiger partial charge in [0.1, 0.15) is 0 Å². The zero-order valence-corrected chi connectivity index (χ0v) is 16.8. The highest BCUT2D eigenvalue weighted by Gasteiger charge is 2.08. The van der Waals surface area contributed by atoms with E-state index in [9.17, 15) is 8.42 Å². The molecule has 0 aromatic carbocycles. The molecule has 0 heterocycles. The summed E-state index contributed by atoms with van der Waals surface area (Å²) >= 11 is 0. The Morgan fingerprint density at radius 1 is 0.750 bits per heavy atom. The minimum atomic E-state index is -4.28. The zero-order chi connectivity index (χ0) is 18.1. The van der Waals surface area contributed by atoms with Crippen LogP contribution in [-0.2, 0) is 14.6 Å². The van der Waals surface area contributed by atoms with Crippen molar-refractivity contribution in [3.63, 3.8) is 0 Å². The highest BCUT2D eigenvalue weighted by molar-refractivity contribution is 7.80. The van der Waals surface area contributed by atoms with Crippen molar-refractivity contribution in [2.24, 2.45) is 5.92 Å². The molecule has 0 aromatic heterocycles. The van der Waals surface area contributed by atoms with Crippen LogP contribution >= 0.6 is 0 Å². The van der Waals surface area contributed by atoms with Crippen molar-refractivity contribution in [1.29, 1.82) is 0 Å². The molecule has 0 aliphatic rings. The second kappa shape index (κ2) is 16.3. The van der Waals surface area contributed by atoms with Gasteiger partial charge in [-0.25, -0.2) is 4.18 Å². The van der Waals surface area contributed by atoms with Gasteiger partial charge in [-0.1, -0.05) is 104 Å². The van der Waals surface area contributed by atoms with Crippen LogP contribution in [0.2, 0.25) is 0 Å². The molecular weight excluding hydrogens is 324 g/mol. The second-order valence-corrected chi connectivity index (χ2v) is 8.29. The van der Waals surface area contributed by atoms with Gasteiger partial charge < -0.3 is 0 Å². The molecule has 146 valence electrons. The predicted molar refractivity (Wildman–Crippen MR) is 102 cm³/mol. The molecule has 0 spiro atoms. The molecule has 5 heteroatoms. The van der Waals surface area contributed by atoms with Crippen LogP contribution < -0.4 is 0 Å². The van der Waals surface area contributed by atoms with Crippen LogP contribution in [0.15, 0.2) is 0 Å². The molecule has 0 radical (unpaired) electrons. The van der Waals surface area contributed by atoms with Crippen molar-refractivity contribution in [3.05, 3.63) is 0 Å². The summed E-state index contributed by atoms with van der Waals surface area (Å²) in [6.07, 6.45) is 19.7. The lowest BCUT2D eigenvalue weighted by atomic mass is 10.0. The Morgan fingerprint density at radius 2 is 1.12 bits per heavy atom. The van der Waals surface area contributed by atoms with Crippen LogP contribution in [0.25, 0.3) is 0 Å². The van der Waals surface area contributed by atoms with Gasteiger partial charge in [0.25, 0.3) is 0 Å². The standard InChI is InChI=1S/C19H40O4S/c1-3-4-5-6-7-8-9-10-11-12-13-14-15-16-17-19(2)18-23-24(20,21)22/h19H,3-18H2,1-2H3,(H,20,21,22). The summed E-state index contributed by atoms with van der Waals surface area (Å²) in [4.78, 5) is 0. The molecule has 0 bridgehead atoms. The summed E-state index contributed by atoms with van der Waals surface area (Å²) in [5, 5.41) is 0. The van der Waals surface area contributed by atoms with Crippen molar-refractivity contribution >= 4 is 10.4 Å². The van der Waals surface area contributed by atoms with Crippen molar-refractivity contribution in [1.82, 2.24) is 0 Å². The number of unbranched alkanes of at least 4 members (excludes halogenated alkanes) is 13. The molecule has 0 aliphatic heterocycles. The molecule has 1 atom stereocenters. The third-order valence-corrected chi connectivity index (χ3v) is 4.99. The minimum absolute atomic E-state index is 0.0806. The van der Waals surface area contributed by atoms with Crippen molar-refractivity contribution in [2.75, 3.05) is 6.61 Å². The third-order valence-electron chi connectivity index (χ3n) is 4.55. The quantitative estimate of drug-likeness (QED) is 0.228. The summed E-state index contributed by atoms with van der Waals surface area (Å²) < 4.78 is 33.8. The smallest absolute Gasteiger partial charge is 0.264 e. The highest BCUT2D eigenvalue weighted by Crippen LogP contribution is 2.15. The molecular formula is C19H40O4S. The van der Waals surface area contributed by atoms with E-state index >= 15 is 0 Å². The third kappa shape index (κ3) is 19.9. The first kappa shape index (κ1) is 23.9. The number of hydrogen-bond acceptors (Lipinski definition) is 3. The highest BCUT2D eigenvalue weighted by atomic mass is 32.3. The van der Waals surface area contributed by atoms with Crippen LogP contribution in [-0.4, -0.2) is 19.6 Å². The average molecular weight is 365 g/mol. The molecule has 1 N–H and O–H groups in total. The molecule has 4 nitrogen and oxygen atoms in total. The Morgan fingerprint density at radius 3 is 1.50 bits per heavy atom. The van der Waals surface area contributed by atoms with E-state index in [1.54, 1.807) is 0 Å². The largest absolute Gasteiger partial charge is 0.397 e. The van der Waals surface area contributed by atoms with Crippen LogP contribution in [0.5, 0.6) is 0 Å². The maximum Gasteiger partial charge on any atom is 0.397 e. The van der Waals surface area contributed by atoms with Crippen LogP contribution in [0.1, 0.15) is 110 Å². The van der Waals surface area contributed by atoms with E-state index in [1.807, 2.05) is 6.92 Å². The summed E-state index contributed by atoms with van der Waals surface area (Å²) in [5.74, 6) is 0.171. The van der Waals surface area contributed by atoms with Gasteiger partial charge in [-0.3, -0.25) is 4.55 Å². The Balaban J connectivity index is 3.17. The first-order valence-corrected chi connectivity index (χ1v) is 11.4. The van der Waals surface area contributed by atoms with Crippen molar-refractivity contribution in [2.45, 2.75) is 110 Å². The summed E-state index contributed by atoms with van der Waals surface area (Å²) in [6, 6.07) is 0. The number of hydrogen-bond donors (Lipinski definition) is 1. The molecule has 0 fully saturated rings. The monoisotopic (exact) mass is 364 g/mol. The van der Waals surface area contributed by atoms with Crippen LogP contribution in [0.4, 0.5) is 0 Å². The minimum Gasteiger partial charge on any atom is -0.264 e. The van der Waals surface area contributed by atoms with E-state index in [2.05, 4.69) is 11.1 Å². The Labute approximate surface area is 150 Å². The average Bonchev–Trinajstić information content (AvgIpc) is 2.52.